The highest BCUT2D eigenvalue weighted by Gasteiger charge is 2.42. The number of benzene rings is 1. The van der Waals surface area contributed by atoms with Gasteiger partial charge in [-0.05, 0) is 66.8 Å². The third kappa shape index (κ3) is 3.88. The van der Waals surface area contributed by atoms with Crippen molar-refractivity contribution in [2.75, 3.05) is 0 Å². The average molecular weight is 498 g/mol. The fourth-order valence-electron chi connectivity index (χ4n) is 3.80. The fraction of sp³-hybridized carbons (Fsp3) is 0.130. The average Bonchev–Trinajstić information content (AvgIpc) is 3.51. The van der Waals surface area contributed by atoms with Gasteiger partial charge in [-0.1, -0.05) is 22.0 Å². The van der Waals surface area contributed by atoms with Gasteiger partial charge >= 0.3 is 0 Å². The van der Waals surface area contributed by atoms with Gasteiger partial charge in [-0.15, -0.1) is 0 Å². The number of nitrogens with zero attached hydrogens (tertiary/aromatic N) is 2. The third-order valence-electron chi connectivity index (χ3n) is 5.22. The molecule has 3 aromatic heterocycles. The zero-order valence-electron chi connectivity index (χ0n) is 16.2. The van der Waals surface area contributed by atoms with Crippen molar-refractivity contribution in [2.45, 2.75) is 18.6 Å². The van der Waals surface area contributed by atoms with Gasteiger partial charge in [0.25, 0.3) is 0 Å². The largest absolute Gasteiger partial charge is 0.467 e. The van der Waals surface area contributed by atoms with Gasteiger partial charge in [0, 0.05) is 10.7 Å². The van der Waals surface area contributed by atoms with Crippen molar-refractivity contribution < 1.29 is 13.2 Å². The van der Waals surface area contributed by atoms with E-state index in [1.54, 1.807) is 30.7 Å². The number of rotatable bonds is 5. The lowest BCUT2D eigenvalue weighted by atomic mass is 10.0. The molecule has 0 saturated carbocycles. The van der Waals surface area contributed by atoms with E-state index in [9.17, 15) is 4.39 Å². The molecule has 0 bridgehead atoms. The summed E-state index contributed by atoms with van der Waals surface area (Å²) < 4.78 is 26.9. The predicted octanol–water partition coefficient (Wildman–Crippen LogP) is 6.01. The summed E-state index contributed by atoms with van der Waals surface area (Å²) in [6.07, 6.45) is 3.38. The van der Waals surface area contributed by atoms with E-state index in [-0.39, 0.29) is 17.9 Å². The van der Waals surface area contributed by atoms with Crippen LogP contribution in [0.1, 0.15) is 29.3 Å². The second-order valence-corrected chi connectivity index (χ2v) is 8.46. The quantitative estimate of drug-likeness (QED) is 0.340. The summed E-state index contributed by atoms with van der Waals surface area (Å²) in [7, 11) is 0. The Morgan fingerprint density at radius 1 is 1.13 bits per heavy atom. The minimum absolute atomic E-state index is 0.225. The molecule has 8 heteroatoms. The normalized spacial score (nSPS) is 18.4. The van der Waals surface area contributed by atoms with Crippen LogP contribution in [0.2, 0.25) is 0 Å². The molecule has 0 amide bonds. The monoisotopic (exact) mass is 497 g/mol. The molecule has 2 atom stereocenters. The molecule has 1 aliphatic heterocycles. The standard InChI is InChI=1S/C23H17BrFN3O2S/c24-14-6-7-16(17(25)12-14)19-8-9-20(30-19)22-21(18-5-1-2-10-26-18)27-23(31)28(22)13-15-4-3-11-29-15/h1-12,21-22H,13H2,(H,27,31)/t21-,22+/m0/s1. The Kier molecular flexibility index (Phi) is 5.33. The summed E-state index contributed by atoms with van der Waals surface area (Å²) in [6.45, 7) is 0.468. The van der Waals surface area contributed by atoms with E-state index < -0.39 is 0 Å². The van der Waals surface area contributed by atoms with Crippen molar-refractivity contribution in [3.63, 3.8) is 0 Å². The number of halogens is 2. The molecule has 31 heavy (non-hydrogen) atoms. The van der Waals surface area contributed by atoms with Crippen LogP contribution in [0, 0.1) is 5.82 Å². The Hall–Kier alpha value is -2.97. The maximum Gasteiger partial charge on any atom is 0.170 e. The van der Waals surface area contributed by atoms with E-state index >= 15 is 0 Å². The molecule has 0 aliphatic carbocycles. The first kappa shape index (κ1) is 20.0. The molecule has 1 fully saturated rings. The first-order valence-electron chi connectivity index (χ1n) is 9.66. The van der Waals surface area contributed by atoms with E-state index in [0.29, 0.717) is 33.2 Å². The van der Waals surface area contributed by atoms with Gasteiger partial charge in [-0.3, -0.25) is 4.98 Å². The lowest BCUT2D eigenvalue weighted by Crippen LogP contribution is -2.28. The van der Waals surface area contributed by atoms with Crippen molar-refractivity contribution in [1.82, 2.24) is 15.2 Å². The molecule has 4 aromatic rings. The molecule has 0 spiro atoms. The van der Waals surface area contributed by atoms with Crippen LogP contribution in [0.15, 0.2) is 86.4 Å². The molecule has 1 saturated heterocycles. The topological polar surface area (TPSA) is 54.4 Å². The number of aromatic nitrogens is 1. The van der Waals surface area contributed by atoms with E-state index in [4.69, 9.17) is 21.1 Å². The highest BCUT2D eigenvalue weighted by atomic mass is 79.9. The van der Waals surface area contributed by atoms with Crippen LogP contribution < -0.4 is 5.32 Å². The molecule has 156 valence electrons. The number of nitrogens with one attached hydrogen (secondary N) is 1. The molecule has 4 heterocycles. The Morgan fingerprint density at radius 3 is 2.77 bits per heavy atom. The van der Waals surface area contributed by atoms with Crippen LogP contribution in [-0.4, -0.2) is 15.0 Å². The lowest BCUT2D eigenvalue weighted by molar-refractivity contribution is 0.253. The molecule has 5 rings (SSSR count). The van der Waals surface area contributed by atoms with Gasteiger partial charge in [0.05, 0.1) is 30.1 Å². The molecule has 1 N–H and O–H groups in total. The number of furan rings is 2. The first-order valence-corrected chi connectivity index (χ1v) is 10.9. The van der Waals surface area contributed by atoms with Crippen molar-refractivity contribution in [2.24, 2.45) is 0 Å². The van der Waals surface area contributed by atoms with Crippen molar-refractivity contribution in [1.29, 1.82) is 0 Å². The second-order valence-electron chi connectivity index (χ2n) is 7.16. The minimum Gasteiger partial charge on any atom is -0.467 e. The van der Waals surface area contributed by atoms with Gasteiger partial charge < -0.3 is 19.1 Å². The molecule has 1 aliphatic rings. The van der Waals surface area contributed by atoms with Crippen LogP contribution in [0.4, 0.5) is 4.39 Å². The second kappa shape index (κ2) is 8.28. The summed E-state index contributed by atoms with van der Waals surface area (Å²) in [5.41, 5.74) is 1.24. The summed E-state index contributed by atoms with van der Waals surface area (Å²) in [6, 6.07) is 17.5. The first-order chi connectivity index (χ1) is 15.1. The van der Waals surface area contributed by atoms with Crippen LogP contribution >= 0.6 is 28.1 Å². The smallest absolute Gasteiger partial charge is 0.170 e. The number of thiocarbonyl (C=S) groups is 1. The van der Waals surface area contributed by atoms with Crippen molar-refractivity contribution in [3.05, 3.63) is 101 Å². The molecule has 1 aromatic carbocycles. The van der Waals surface area contributed by atoms with E-state index in [1.807, 2.05) is 41.3 Å². The Morgan fingerprint density at radius 2 is 2.03 bits per heavy atom. The lowest BCUT2D eigenvalue weighted by Gasteiger charge is -2.25. The van der Waals surface area contributed by atoms with Gasteiger partial charge in [-0.2, -0.15) is 0 Å². The van der Waals surface area contributed by atoms with Crippen LogP contribution in [0.25, 0.3) is 11.3 Å². The fourth-order valence-corrected chi connectivity index (χ4v) is 4.44. The maximum atomic E-state index is 14.5. The SMILES string of the molecule is Fc1cc(Br)ccc1-c1ccc([C@@H]2[C@H](c3ccccn3)NC(=S)N2Cc2ccco2)o1. The van der Waals surface area contributed by atoms with E-state index in [0.717, 1.165) is 11.5 Å². The molecule has 5 nitrogen and oxygen atoms in total. The van der Waals surface area contributed by atoms with Gasteiger partial charge in [0.1, 0.15) is 29.1 Å². The van der Waals surface area contributed by atoms with Gasteiger partial charge in [-0.25, -0.2) is 4.39 Å². The molecular weight excluding hydrogens is 481 g/mol. The van der Waals surface area contributed by atoms with Crippen LogP contribution in [0.5, 0.6) is 0 Å². The van der Waals surface area contributed by atoms with Gasteiger partial charge in [0.2, 0.25) is 0 Å². The summed E-state index contributed by atoms with van der Waals surface area (Å²) >= 11 is 8.93. The van der Waals surface area contributed by atoms with Crippen molar-refractivity contribution in [3.8, 4) is 11.3 Å². The molecule has 0 radical (unpaired) electrons. The Balaban J connectivity index is 1.55. The summed E-state index contributed by atoms with van der Waals surface area (Å²) in [4.78, 5) is 6.52. The van der Waals surface area contributed by atoms with Gasteiger partial charge in [0.15, 0.2) is 5.11 Å². The maximum absolute atomic E-state index is 14.5. The number of hydrogen-bond donors (Lipinski definition) is 1. The minimum atomic E-state index is -0.357. The summed E-state index contributed by atoms with van der Waals surface area (Å²) in [5, 5.41) is 3.94. The summed E-state index contributed by atoms with van der Waals surface area (Å²) in [5.74, 6) is 1.54. The predicted molar refractivity (Wildman–Crippen MR) is 122 cm³/mol. The zero-order valence-corrected chi connectivity index (χ0v) is 18.6. The molecule has 0 unspecified atom stereocenters. The van der Waals surface area contributed by atoms with E-state index in [1.165, 1.54) is 6.07 Å². The zero-order chi connectivity index (χ0) is 21.4. The Labute approximate surface area is 192 Å². The van der Waals surface area contributed by atoms with Crippen LogP contribution in [-0.2, 0) is 6.54 Å². The van der Waals surface area contributed by atoms with Crippen LogP contribution in [0.3, 0.4) is 0 Å². The highest BCUT2D eigenvalue weighted by Crippen LogP contribution is 2.41. The Bertz CT molecular complexity index is 1210. The van der Waals surface area contributed by atoms with E-state index in [2.05, 4.69) is 26.2 Å². The van der Waals surface area contributed by atoms with Crippen molar-refractivity contribution >= 4 is 33.3 Å². The highest BCUT2D eigenvalue weighted by molar-refractivity contribution is 9.10. The molecular formula is C23H17BrFN3O2S. The number of hydrogen-bond acceptors (Lipinski definition) is 4. The third-order valence-corrected chi connectivity index (χ3v) is 6.06. The number of pyridine rings is 1.